The van der Waals surface area contributed by atoms with Crippen LogP contribution in [0.15, 0.2) is 212 Å². The van der Waals surface area contributed by atoms with E-state index in [-0.39, 0.29) is 10.8 Å². The van der Waals surface area contributed by atoms with E-state index in [4.69, 9.17) is 0 Å². The Morgan fingerprint density at radius 1 is 0.262 bits per heavy atom. The first-order valence-electron chi connectivity index (χ1n) is 21.5. The molecular formula is C60H47N. The minimum atomic E-state index is -0.115. The van der Waals surface area contributed by atoms with Gasteiger partial charge >= 0.3 is 0 Å². The summed E-state index contributed by atoms with van der Waals surface area (Å²) in [6.07, 6.45) is 0. The van der Waals surface area contributed by atoms with E-state index in [1.165, 1.54) is 89.0 Å². The maximum Gasteiger partial charge on any atom is 0.0462 e. The van der Waals surface area contributed by atoms with Gasteiger partial charge in [0.15, 0.2) is 0 Å². The number of anilines is 3. The Kier molecular flexibility index (Phi) is 8.58. The minimum Gasteiger partial charge on any atom is -0.311 e. The normalized spacial score (nSPS) is 13.8. The molecular weight excluding hydrogens is 735 g/mol. The van der Waals surface area contributed by atoms with Gasteiger partial charge in [0, 0.05) is 27.9 Å². The van der Waals surface area contributed by atoms with Gasteiger partial charge in [0.05, 0.1) is 0 Å². The van der Waals surface area contributed by atoms with Crippen molar-refractivity contribution in [2.24, 2.45) is 0 Å². The second kappa shape index (κ2) is 14.2. The Bertz CT molecular complexity index is 3060. The summed E-state index contributed by atoms with van der Waals surface area (Å²) in [5.41, 5.74) is 24.1. The van der Waals surface area contributed by atoms with Crippen LogP contribution in [0.1, 0.15) is 49.9 Å². The Labute approximate surface area is 360 Å². The Balaban J connectivity index is 0.970. The van der Waals surface area contributed by atoms with E-state index in [2.05, 4.69) is 245 Å². The Morgan fingerprint density at radius 2 is 0.623 bits per heavy atom. The van der Waals surface area contributed by atoms with Crippen LogP contribution in [-0.2, 0) is 10.8 Å². The Morgan fingerprint density at radius 3 is 1.15 bits per heavy atom. The van der Waals surface area contributed by atoms with Crippen LogP contribution in [-0.4, -0.2) is 0 Å². The van der Waals surface area contributed by atoms with Gasteiger partial charge in [0.1, 0.15) is 0 Å². The van der Waals surface area contributed by atoms with E-state index >= 15 is 0 Å². The van der Waals surface area contributed by atoms with Gasteiger partial charge in [-0.2, -0.15) is 0 Å². The van der Waals surface area contributed by atoms with Crippen LogP contribution >= 0.6 is 0 Å². The zero-order chi connectivity index (χ0) is 41.3. The lowest BCUT2D eigenvalue weighted by Gasteiger charge is -2.26. The fourth-order valence-electron chi connectivity index (χ4n) is 10.2. The maximum atomic E-state index is 2.53. The molecule has 0 saturated carbocycles. The molecule has 0 heterocycles. The number of rotatable bonds is 7. The third-order valence-electron chi connectivity index (χ3n) is 13.5. The molecule has 2 aliphatic carbocycles. The topological polar surface area (TPSA) is 3.24 Å². The highest BCUT2D eigenvalue weighted by Gasteiger charge is 2.42. The molecule has 2 aliphatic rings. The molecule has 9 aromatic rings. The van der Waals surface area contributed by atoms with Crippen LogP contribution in [0.2, 0.25) is 0 Å². The molecule has 0 atom stereocenters. The molecule has 0 aromatic heterocycles. The van der Waals surface area contributed by atoms with E-state index in [1.54, 1.807) is 0 Å². The molecule has 0 unspecified atom stereocenters. The van der Waals surface area contributed by atoms with Gasteiger partial charge in [-0.25, -0.2) is 0 Å². The van der Waals surface area contributed by atoms with Gasteiger partial charge in [-0.3, -0.25) is 0 Å². The average molecular weight is 782 g/mol. The first-order chi connectivity index (χ1) is 29.8. The number of nitrogens with zero attached hydrogens (tertiary/aromatic N) is 1. The van der Waals surface area contributed by atoms with Crippen molar-refractivity contribution in [3.8, 4) is 66.8 Å². The first kappa shape index (κ1) is 36.8. The fourth-order valence-corrected chi connectivity index (χ4v) is 10.2. The molecule has 0 bridgehead atoms. The van der Waals surface area contributed by atoms with E-state index in [1.807, 2.05) is 0 Å². The summed E-state index contributed by atoms with van der Waals surface area (Å²) in [5.74, 6) is 0. The average Bonchev–Trinajstić information content (AvgIpc) is 3.68. The molecule has 61 heavy (non-hydrogen) atoms. The van der Waals surface area contributed by atoms with Crippen molar-refractivity contribution in [1.82, 2.24) is 0 Å². The molecule has 1 nitrogen and oxygen atoms in total. The molecule has 0 saturated heterocycles. The van der Waals surface area contributed by atoms with E-state index in [9.17, 15) is 0 Å². The van der Waals surface area contributed by atoms with Crippen molar-refractivity contribution in [1.29, 1.82) is 0 Å². The highest BCUT2D eigenvalue weighted by Crippen LogP contribution is 2.57. The summed E-state index contributed by atoms with van der Waals surface area (Å²) in [7, 11) is 0. The molecule has 1 heteroatoms. The molecule has 11 rings (SSSR count). The second-order valence-corrected chi connectivity index (χ2v) is 17.8. The number of benzene rings is 9. The van der Waals surface area contributed by atoms with Crippen molar-refractivity contribution in [3.63, 3.8) is 0 Å². The summed E-state index contributed by atoms with van der Waals surface area (Å²) < 4.78 is 0. The summed E-state index contributed by atoms with van der Waals surface area (Å²) in [6.45, 7) is 9.56. The van der Waals surface area contributed by atoms with Crippen molar-refractivity contribution < 1.29 is 0 Å². The predicted octanol–water partition coefficient (Wildman–Crippen LogP) is 16.4. The first-order valence-corrected chi connectivity index (χ1v) is 21.5. The largest absolute Gasteiger partial charge is 0.311 e. The molecule has 0 aliphatic heterocycles. The van der Waals surface area contributed by atoms with Gasteiger partial charge in [-0.15, -0.1) is 0 Å². The smallest absolute Gasteiger partial charge is 0.0462 e. The third kappa shape index (κ3) is 6.07. The molecule has 292 valence electrons. The fraction of sp³-hybridized carbons (Fsp3) is 0.100. The van der Waals surface area contributed by atoms with Crippen molar-refractivity contribution in [3.05, 3.63) is 235 Å². The summed E-state index contributed by atoms with van der Waals surface area (Å²) in [6, 6.07) is 78.2. The Hall–Kier alpha value is -7.22. The lowest BCUT2D eigenvalue weighted by atomic mass is 9.79. The monoisotopic (exact) mass is 781 g/mol. The van der Waals surface area contributed by atoms with Crippen molar-refractivity contribution >= 4 is 17.1 Å². The van der Waals surface area contributed by atoms with Crippen LogP contribution < -0.4 is 4.90 Å². The second-order valence-electron chi connectivity index (χ2n) is 17.8. The quantitative estimate of drug-likeness (QED) is 0.156. The van der Waals surface area contributed by atoms with Gasteiger partial charge < -0.3 is 4.90 Å². The van der Waals surface area contributed by atoms with Crippen LogP contribution in [0.25, 0.3) is 66.8 Å². The third-order valence-corrected chi connectivity index (χ3v) is 13.5. The molecule has 0 radical (unpaired) electrons. The SMILES string of the molecule is CC1(C)c2ccccc2-c2cc3c(cc21)-c1c(-c2ccc(N(c4ccc(-c5ccccc5)cc4)c4ccc(-c5ccc(-c6ccccc6)cc5)cc4)cc2)cccc1C3(C)C. The lowest BCUT2D eigenvalue weighted by molar-refractivity contribution is 0.652. The molecule has 0 spiro atoms. The van der Waals surface area contributed by atoms with E-state index in [0.717, 1.165) is 17.1 Å². The number of hydrogen-bond donors (Lipinski definition) is 0. The van der Waals surface area contributed by atoms with Gasteiger partial charge in [0.25, 0.3) is 0 Å². The van der Waals surface area contributed by atoms with Crippen LogP contribution in [0.5, 0.6) is 0 Å². The number of hydrogen-bond acceptors (Lipinski definition) is 1. The van der Waals surface area contributed by atoms with Crippen LogP contribution in [0.4, 0.5) is 17.1 Å². The standard InChI is InChI=1S/C60H47N/c1-59(2)54-20-12-11-18-51(54)52-38-57-53(39-56(52)59)58-50(19-13-21-55(58)60(57,3)4)46-30-36-49(37-31-46)61(47-32-26-44(27-33-47)41-16-9-6-10-17-41)48-34-28-45(29-35-48)43-24-22-42(23-25-43)40-14-7-5-8-15-40/h5-39H,1-4H3. The molecule has 0 amide bonds. The van der Waals surface area contributed by atoms with Crippen LogP contribution in [0, 0.1) is 0 Å². The highest BCUT2D eigenvalue weighted by atomic mass is 15.1. The summed E-state index contributed by atoms with van der Waals surface area (Å²) >= 11 is 0. The zero-order valence-electron chi connectivity index (χ0n) is 35.2. The maximum absolute atomic E-state index is 2.53. The number of fused-ring (bicyclic) bond motifs is 6. The summed E-state index contributed by atoms with van der Waals surface area (Å²) in [4.78, 5) is 2.37. The van der Waals surface area contributed by atoms with Gasteiger partial charge in [-0.05, 0) is 138 Å². The zero-order valence-corrected chi connectivity index (χ0v) is 35.2. The molecule has 0 N–H and O–H groups in total. The highest BCUT2D eigenvalue weighted by molar-refractivity contribution is 5.96. The van der Waals surface area contributed by atoms with Gasteiger partial charge in [-0.1, -0.05) is 191 Å². The van der Waals surface area contributed by atoms with Crippen molar-refractivity contribution in [2.45, 2.75) is 38.5 Å². The predicted molar refractivity (Wildman–Crippen MR) is 258 cm³/mol. The molecule has 9 aromatic carbocycles. The van der Waals surface area contributed by atoms with Gasteiger partial charge in [0.2, 0.25) is 0 Å². The minimum absolute atomic E-state index is 0.0571. The van der Waals surface area contributed by atoms with E-state index < -0.39 is 0 Å². The molecule has 0 fully saturated rings. The van der Waals surface area contributed by atoms with Crippen molar-refractivity contribution in [2.75, 3.05) is 4.90 Å². The van der Waals surface area contributed by atoms with E-state index in [0.29, 0.717) is 0 Å². The summed E-state index contributed by atoms with van der Waals surface area (Å²) in [5, 5.41) is 0. The lowest BCUT2D eigenvalue weighted by Crippen LogP contribution is -2.16. The van der Waals surface area contributed by atoms with Crippen LogP contribution in [0.3, 0.4) is 0 Å².